The van der Waals surface area contributed by atoms with E-state index in [2.05, 4.69) is 20.4 Å². The van der Waals surface area contributed by atoms with Gasteiger partial charge in [-0.25, -0.2) is 0 Å². The van der Waals surface area contributed by atoms with Crippen LogP contribution in [0.4, 0.5) is 11.5 Å². The summed E-state index contributed by atoms with van der Waals surface area (Å²) < 4.78 is 5.77. The standard InChI is InChI=1S/C27H26N4O2/c32-27(19-33-25-10-6-8-20-7-2-3-9-23(20)25)28-22-13-11-21(12-14-22)24-15-16-26(30-29-24)31-17-4-1-5-18-31/h2-3,6-16H,1,4-5,17-19H2,(H,28,32). The Balaban J connectivity index is 1.18. The number of fused-ring (bicyclic) bond motifs is 1. The number of rotatable bonds is 6. The fraction of sp³-hybridized carbons (Fsp3) is 0.222. The maximum Gasteiger partial charge on any atom is 0.262 e. The van der Waals surface area contributed by atoms with Crippen LogP contribution in [0.2, 0.25) is 0 Å². The molecule has 1 aliphatic rings. The molecule has 0 atom stereocenters. The first-order chi connectivity index (χ1) is 16.3. The van der Waals surface area contributed by atoms with Gasteiger partial charge in [0.1, 0.15) is 5.75 Å². The van der Waals surface area contributed by atoms with Gasteiger partial charge in [0.15, 0.2) is 12.4 Å². The van der Waals surface area contributed by atoms with E-state index in [4.69, 9.17) is 4.74 Å². The van der Waals surface area contributed by atoms with Crippen LogP contribution in [0, 0.1) is 0 Å². The van der Waals surface area contributed by atoms with Gasteiger partial charge in [0.2, 0.25) is 0 Å². The molecule has 6 nitrogen and oxygen atoms in total. The summed E-state index contributed by atoms with van der Waals surface area (Å²) in [5.41, 5.74) is 2.48. The van der Waals surface area contributed by atoms with Crippen molar-refractivity contribution in [2.24, 2.45) is 0 Å². The first-order valence-electron chi connectivity index (χ1n) is 11.4. The SMILES string of the molecule is O=C(COc1cccc2ccccc12)Nc1ccc(-c2ccc(N3CCCCC3)nn2)cc1. The molecule has 5 rings (SSSR count). The van der Waals surface area contributed by atoms with Crippen LogP contribution < -0.4 is 15.0 Å². The number of amides is 1. The molecule has 3 aromatic carbocycles. The first kappa shape index (κ1) is 20.9. The van der Waals surface area contributed by atoms with Gasteiger partial charge < -0.3 is 15.0 Å². The number of anilines is 2. The lowest BCUT2D eigenvalue weighted by Crippen LogP contribution is -2.30. The van der Waals surface area contributed by atoms with E-state index in [1.165, 1.54) is 19.3 Å². The predicted octanol–water partition coefficient (Wildman–Crippen LogP) is 5.30. The zero-order valence-electron chi connectivity index (χ0n) is 18.4. The minimum Gasteiger partial charge on any atom is -0.483 e. The lowest BCUT2D eigenvalue weighted by molar-refractivity contribution is -0.118. The smallest absolute Gasteiger partial charge is 0.262 e. The number of ether oxygens (including phenoxy) is 1. The third-order valence-corrected chi connectivity index (χ3v) is 5.90. The van der Waals surface area contributed by atoms with Crippen molar-refractivity contribution in [3.63, 3.8) is 0 Å². The Hall–Kier alpha value is -3.93. The molecule has 166 valence electrons. The van der Waals surface area contributed by atoms with E-state index in [0.29, 0.717) is 11.4 Å². The Bertz CT molecular complexity index is 1230. The van der Waals surface area contributed by atoms with Crippen LogP contribution in [-0.4, -0.2) is 35.8 Å². The summed E-state index contributed by atoms with van der Waals surface area (Å²) in [4.78, 5) is 14.7. The molecule has 1 aliphatic heterocycles. The van der Waals surface area contributed by atoms with Gasteiger partial charge in [-0.15, -0.1) is 10.2 Å². The highest BCUT2D eigenvalue weighted by molar-refractivity contribution is 5.93. The largest absolute Gasteiger partial charge is 0.483 e. The van der Waals surface area contributed by atoms with Crippen molar-refractivity contribution >= 4 is 28.2 Å². The predicted molar refractivity (Wildman–Crippen MR) is 132 cm³/mol. The number of hydrogen-bond acceptors (Lipinski definition) is 5. The Morgan fingerprint density at radius 2 is 1.64 bits per heavy atom. The minimum absolute atomic E-state index is 0.0564. The molecule has 1 saturated heterocycles. The number of hydrogen-bond donors (Lipinski definition) is 1. The van der Waals surface area contributed by atoms with E-state index in [9.17, 15) is 4.79 Å². The molecule has 0 radical (unpaired) electrons. The van der Waals surface area contributed by atoms with E-state index in [1.807, 2.05) is 78.9 Å². The highest BCUT2D eigenvalue weighted by atomic mass is 16.5. The van der Waals surface area contributed by atoms with Gasteiger partial charge in [0.25, 0.3) is 5.91 Å². The minimum atomic E-state index is -0.207. The number of aromatic nitrogens is 2. The summed E-state index contributed by atoms with van der Waals surface area (Å²) >= 11 is 0. The fourth-order valence-electron chi connectivity index (χ4n) is 4.16. The van der Waals surface area contributed by atoms with Crippen molar-refractivity contribution in [1.82, 2.24) is 10.2 Å². The van der Waals surface area contributed by atoms with Gasteiger partial charge in [0.05, 0.1) is 5.69 Å². The number of nitrogens with one attached hydrogen (secondary N) is 1. The van der Waals surface area contributed by atoms with E-state index in [-0.39, 0.29) is 12.5 Å². The van der Waals surface area contributed by atoms with Gasteiger partial charge in [-0.3, -0.25) is 4.79 Å². The van der Waals surface area contributed by atoms with Gasteiger partial charge in [-0.2, -0.15) is 0 Å². The summed E-state index contributed by atoms with van der Waals surface area (Å²) in [6.45, 7) is 2.04. The van der Waals surface area contributed by atoms with E-state index < -0.39 is 0 Å². The lowest BCUT2D eigenvalue weighted by Gasteiger charge is -2.27. The summed E-state index contributed by atoms with van der Waals surface area (Å²) in [7, 11) is 0. The van der Waals surface area contributed by atoms with Crippen LogP contribution in [0.25, 0.3) is 22.0 Å². The van der Waals surface area contributed by atoms with Crippen molar-refractivity contribution in [2.45, 2.75) is 19.3 Å². The summed E-state index contributed by atoms with van der Waals surface area (Å²) in [6, 6.07) is 25.4. The van der Waals surface area contributed by atoms with Crippen LogP contribution in [-0.2, 0) is 4.79 Å². The molecule has 1 aromatic heterocycles. The van der Waals surface area contributed by atoms with Crippen molar-refractivity contribution in [2.75, 3.05) is 29.9 Å². The number of piperidine rings is 1. The van der Waals surface area contributed by atoms with Crippen LogP contribution in [0.1, 0.15) is 19.3 Å². The molecule has 0 bridgehead atoms. The highest BCUT2D eigenvalue weighted by Gasteiger charge is 2.13. The molecule has 1 amide bonds. The van der Waals surface area contributed by atoms with Crippen molar-refractivity contribution < 1.29 is 9.53 Å². The second-order valence-corrected chi connectivity index (χ2v) is 8.22. The maximum atomic E-state index is 12.4. The van der Waals surface area contributed by atoms with Gasteiger partial charge in [-0.1, -0.05) is 48.5 Å². The Kier molecular flexibility index (Phi) is 6.15. The Morgan fingerprint density at radius 3 is 2.42 bits per heavy atom. The zero-order chi connectivity index (χ0) is 22.5. The fourth-order valence-corrected chi connectivity index (χ4v) is 4.16. The van der Waals surface area contributed by atoms with Crippen LogP contribution >= 0.6 is 0 Å². The molecule has 0 aliphatic carbocycles. The summed E-state index contributed by atoms with van der Waals surface area (Å²) in [5, 5.41) is 13.8. The maximum absolute atomic E-state index is 12.4. The molecule has 0 unspecified atom stereocenters. The second-order valence-electron chi connectivity index (χ2n) is 8.22. The highest BCUT2D eigenvalue weighted by Crippen LogP contribution is 2.25. The normalized spacial score (nSPS) is 13.6. The van der Waals surface area contributed by atoms with Crippen LogP contribution in [0.3, 0.4) is 0 Å². The van der Waals surface area contributed by atoms with Crippen LogP contribution in [0.15, 0.2) is 78.9 Å². The molecule has 0 spiro atoms. The molecule has 1 fully saturated rings. The molecule has 2 heterocycles. The first-order valence-corrected chi connectivity index (χ1v) is 11.4. The van der Waals surface area contributed by atoms with Crippen molar-refractivity contribution in [3.05, 3.63) is 78.9 Å². The summed E-state index contributed by atoms with van der Waals surface area (Å²) in [5.74, 6) is 1.43. The van der Waals surface area contributed by atoms with Gasteiger partial charge in [-0.05, 0) is 55.0 Å². The Labute approximate surface area is 193 Å². The molecular formula is C27H26N4O2. The summed E-state index contributed by atoms with van der Waals surface area (Å²) in [6.07, 6.45) is 3.72. The van der Waals surface area contributed by atoms with E-state index in [0.717, 1.165) is 40.9 Å². The molecule has 0 saturated carbocycles. The molecule has 6 heteroatoms. The number of benzene rings is 3. The van der Waals surface area contributed by atoms with Crippen molar-refractivity contribution in [1.29, 1.82) is 0 Å². The molecule has 1 N–H and O–H groups in total. The molecule has 4 aromatic rings. The monoisotopic (exact) mass is 438 g/mol. The van der Waals surface area contributed by atoms with E-state index in [1.54, 1.807) is 0 Å². The average molecular weight is 439 g/mol. The average Bonchev–Trinajstić information content (AvgIpc) is 2.88. The zero-order valence-corrected chi connectivity index (χ0v) is 18.4. The van der Waals surface area contributed by atoms with Crippen LogP contribution in [0.5, 0.6) is 5.75 Å². The van der Waals surface area contributed by atoms with Crippen molar-refractivity contribution in [3.8, 4) is 17.0 Å². The van der Waals surface area contributed by atoms with E-state index >= 15 is 0 Å². The third kappa shape index (κ3) is 4.95. The third-order valence-electron chi connectivity index (χ3n) is 5.90. The number of nitrogens with zero attached hydrogens (tertiary/aromatic N) is 3. The molecular weight excluding hydrogens is 412 g/mol. The second kappa shape index (κ2) is 9.69. The van der Waals surface area contributed by atoms with Gasteiger partial charge >= 0.3 is 0 Å². The topological polar surface area (TPSA) is 67.3 Å². The quantitative estimate of drug-likeness (QED) is 0.442. The number of carbonyl (C=O) groups is 1. The van der Waals surface area contributed by atoms with Gasteiger partial charge in [0, 0.05) is 29.7 Å². The molecule has 33 heavy (non-hydrogen) atoms. The lowest BCUT2D eigenvalue weighted by atomic mass is 10.1. The number of carbonyl (C=O) groups excluding carboxylic acids is 1. The Morgan fingerprint density at radius 1 is 0.848 bits per heavy atom.